The third-order valence-corrected chi connectivity index (χ3v) is 6.16. The number of amides is 1. The molecule has 1 N–H and O–H groups in total. The number of fused-ring (bicyclic) bond motifs is 1. The molecule has 0 aliphatic carbocycles. The molecule has 4 rings (SSSR count). The quantitative estimate of drug-likeness (QED) is 0.446. The van der Waals surface area contributed by atoms with Crippen LogP contribution in [0.25, 0.3) is 0 Å². The van der Waals surface area contributed by atoms with Crippen molar-refractivity contribution in [2.24, 2.45) is 0 Å². The maximum absolute atomic E-state index is 13.6. The van der Waals surface area contributed by atoms with Crippen molar-refractivity contribution in [2.75, 3.05) is 6.54 Å². The van der Waals surface area contributed by atoms with Gasteiger partial charge in [-0.3, -0.25) is 10.2 Å². The Hall–Kier alpha value is -3.34. The maximum Gasteiger partial charge on any atom is 0.449 e. The SMILES string of the molecule is Cc1nc(C(F)(F)F)n2c1[C@@H](CCc1ccc(C(F)(F)F)cc1)N(NC(=O)Cc1ccccc1)CC2. The van der Waals surface area contributed by atoms with Crippen LogP contribution in [-0.4, -0.2) is 27.0 Å². The average Bonchev–Trinajstić information content (AvgIpc) is 3.16. The van der Waals surface area contributed by atoms with Gasteiger partial charge in [-0.2, -0.15) is 26.3 Å². The van der Waals surface area contributed by atoms with Crippen LogP contribution in [0.2, 0.25) is 0 Å². The maximum atomic E-state index is 13.6. The lowest BCUT2D eigenvalue weighted by atomic mass is 9.99. The van der Waals surface area contributed by atoms with Gasteiger partial charge >= 0.3 is 12.4 Å². The van der Waals surface area contributed by atoms with Crippen LogP contribution >= 0.6 is 0 Å². The van der Waals surface area contributed by atoms with Crippen molar-refractivity contribution in [3.05, 3.63) is 88.5 Å². The summed E-state index contributed by atoms with van der Waals surface area (Å²) in [5.41, 5.74) is 3.96. The first kappa shape index (κ1) is 25.7. The third kappa shape index (κ3) is 5.72. The number of alkyl halides is 6. The molecule has 11 heteroatoms. The normalized spacial score (nSPS) is 16.6. The zero-order valence-electron chi connectivity index (χ0n) is 19.3. The molecule has 3 aromatic rings. The number of hydrazine groups is 1. The third-order valence-electron chi connectivity index (χ3n) is 6.16. The Morgan fingerprint density at radius 1 is 0.944 bits per heavy atom. The minimum absolute atomic E-state index is 0.0204. The lowest BCUT2D eigenvalue weighted by Gasteiger charge is -2.37. The van der Waals surface area contributed by atoms with Gasteiger partial charge in [0, 0.05) is 13.1 Å². The van der Waals surface area contributed by atoms with Crippen molar-refractivity contribution >= 4 is 5.91 Å². The number of aryl methyl sites for hydroxylation is 2. The van der Waals surface area contributed by atoms with E-state index in [1.807, 2.05) is 6.07 Å². The Labute approximate surface area is 203 Å². The second-order valence-electron chi connectivity index (χ2n) is 8.70. The van der Waals surface area contributed by atoms with E-state index in [-0.39, 0.29) is 37.5 Å². The molecule has 0 saturated heterocycles. The molecule has 0 radical (unpaired) electrons. The van der Waals surface area contributed by atoms with E-state index in [1.165, 1.54) is 19.1 Å². The number of halogens is 6. The number of nitrogens with zero attached hydrogens (tertiary/aromatic N) is 3. The van der Waals surface area contributed by atoms with Crippen molar-refractivity contribution in [2.45, 2.75) is 51.1 Å². The number of nitrogens with one attached hydrogen (secondary N) is 1. The smallest absolute Gasteiger partial charge is 0.321 e. The zero-order chi connectivity index (χ0) is 26.1. The summed E-state index contributed by atoms with van der Waals surface area (Å²) < 4.78 is 80.6. The van der Waals surface area contributed by atoms with Crippen LogP contribution in [0.15, 0.2) is 54.6 Å². The highest BCUT2D eigenvalue weighted by Crippen LogP contribution is 2.37. The first-order valence-electron chi connectivity index (χ1n) is 11.3. The van der Waals surface area contributed by atoms with Gasteiger partial charge in [0.05, 0.1) is 29.4 Å². The van der Waals surface area contributed by atoms with Gasteiger partial charge in [0.15, 0.2) is 0 Å². The summed E-state index contributed by atoms with van der Waals surface area (Å²) in [5.74, 6) is -1.31. The van der Waals surface area contributed by atoms with Crippen molar-refractivity contribution in [3.63, 3.8) is 0 Å². The molecule has 192 valence electrons. The lowest BCUT2D eigenvalue weighted by molar-refractivity contribution is -0.148. The number of aromatic nitrogens is 2. The Morgan fingerprint density at radius 2 is 1.61 bits per heavy atom. The summed E-state index contributed by atoms with van der Waals surface area (Å²) >= 11 is 0. The van der Waals surface area contributed by atoms with E-state index >= 15 is 0 Å². The van der Waals surface area contributed by atoms with E-state index in [2.05, 4.69) is 10.4 Å². The molecular formula is C25H24F6N4O. The molecule has 0 fully saturated rings. The number of carbonyl (C=O) groups excluding carboxylic acids is 1. The molecule has 1 aliphatic rings. The van der Waals surface area contributed by atoms with Gasteiger partial charge in [0.1, 0.15) is 0 Å². The van der Waals surface area contributed by atoms with Crippen LogP contribution in [0.3, 0.4) is 0 Å². The summed E-state index contributed by atoms with van der Waals surface area (Å²) in [7, 11) is 0. The highest BCUT2D eigenvalue weighted by molar-refractivity contribution is 5.78. The summed E-state index contributed by atoms with van der Waals surface area (Å²) in [4.78, 5) is 16.5. The van der Waals surface area contributed by atoms with Crippen molar-refractivity contribution in [1.82, 2.24) is 20.0 Å². The van der Waals surface area contributed by atoms with Gasteiger partial charge < -0.3 is 4.57 Å². The van der Waals surface area contributed by atoms with Crippen LogP contribution in [0.1, 0.15) is 46.4 Å². The van der Waals surface area contributed by atoms with Gasteiger partial charge in [-0.25, -0.2) is 9.99 Å². The number of hydrogen-bond acceptors (Lipinski definition) is 3. The van der Waals surface area contributed by atoms with Crippen molar-refractivity contribution < 1.29 is 31.1 Å². The van der Waals surface area contributed by atoms with Gasteiger partial charge in [0.2, 0.25) is 11.7 Å². The monoisotopic (exact) mass is 510 g/mol. The second kappa shape index (κ2) is 9.96. The van der Waals surface area contributed by atoms with Crippen LogP contribution < -0.4 is 5.43 Å². The fraction of sp³-hybridized carbons (Fsp3) is 0.360. The molecule has 0 unspecified atom stereocenters. The highest BCUT2D eigenvalue weighted by atomic mass is 19.4. The second-order valence-corrected chi connectivity index (χ2v) is 8.70. The fourth-order valence-corrected chi connectivity index (χ4v) is 4.53. The molecule has 2 aromatic carbocycles. The van der Waals surface area contributed by atoms with E-state index in [4.69, 9.17) is 0 Å². The summed E-state index contributed by atoms with van der Waals surface area (Å²) in [6.45, 7) is 1.58. The van der Waals surface area contributed by atoms with Crippen LogP contribution in [-0.2, 0) is 36.5 Å². The molecule has 36 heavy (non-hydrogen) atoms. The number of rotatable bonds is 6. The molecular weight excluding hydrogens is 486 g/mol. The van der Waals surface area contributed by atoms with Crippen LogP contribution in [0.4, 0.5) is 26.3 Å². The predicted molar refractivity (Wildman–Crippen MR) is 119 cm³/mol. The van der Waals surface area contributed by atoms with Crippen LogP contribution in [0.5, 0.6) is 0 Å². The van der Waals surface area contributed by atoms with Gasteiger partial charge in [-0.05, 0) is 43.0 Å². The summed E-state index contributed by atoms with van der Waals surface area (Å²) in [6, 6.07) is 13.0. The van der Waals surface area contributed by atoms with Crippen molar-refractivity contribution in [3.8, 4) is 0 Å². The van der Waals surface area contributed by atoms with E-state index in [9.17, 15) is 31.1 Å². The van der Waals surface area contributed by atoms with Gasteiger partial charge in [-0.15, -0.1) is 0 Å². The fourth-order valence-electron chi connectivity index (χ4n) is 4.53. The number of carbonyl (C=O) groups is 1. The molecule has 0 spiro atoms. The first-order valence-corrected chi connectivity index (χ1v) is 11.3. The Morgan fingerprint density at radius 3 is 2.22 bits per heavy atom. The molecule has 1 aromatic heterocycles. The molecule has 5 nitrogen and oxygen atoms in total. The van der Waals surface area contributed by atoms with E-state index in [1.54, 1.807) is 29.3 Å². The molecule has 2 heterocycles. The Kier molecular flexibility index (Phi) is 7.12. The largest absolute Gasteiger partial charge is 0.449 e. The molecule has 1 aliphatic heterocycles. The zero-order valence-corrected chi connectivity index (χ0v) is 19.3. The molecule has 0 bridgehead atoms. The number of benzene rings is 2. The lowest BCUT2D eigenvalue weighted by Crippen LogP contribution is -2.50. The van der Waals surface area contributed by atoms with E-state index < -0.39 is 29.8 Å². The highest BCUT2D eigenvalue weighted by Gasteiger charge is 2.42. The summed E-state index contributed by atoms with van der Waals surface area (Å²) in [5, 5.41) is 1.61. The first-order chi connectivity index (χ1) is 16.9. The van der Waals surface area contributed by atoms with Crippen LogP contribution in [0, 0.1) is 6.92 Å². The van der Waals surface area contributed by atoms with Gasteiger partial charge in [0.25, 0.3) is 0 Å². The van der Waals surface area contributed by atoms with Gasteiger partial charge in [-0.1, -0.05) is 42.5 Å². The van der Waals surface area contributed by atoms with Crippen molar-refractivity contribution in [1.29, 1.82) is 0 Å². The molecule has 1 amide bonds. The minimum Gasteiger partial charge on any atom is -0.321 e. The number of hydrogen-bond donors (Lipinski definition) is 1. The Bertz CT molecular complexity index is 1200. The minimum atomic E-state index is -4.64. The summed E-state index contributed by atoms with van der Waals surface area (Å²) in [6.07, 6.45) is -8.45. The predicted octanol–water partition coefficient (Wildman–Crippen LogP) is 5.49. The molecule has 0 saturated carbocycles. The molecule has 1 atom stereocenters. The Balaban J connectivity index is 1.58. The van der Waals surface area contributed by atoms with E-state index in [0.29, 0.717) is 17.7 Å². The standard InChI is InChI=1S/C25H24F6N4O/c1-16-22-20(12-9-17-7-10-19(11-8-17)24(26,27)28)35(14-13-34(22)23(32-16)25(29,30)31)33-21(36)15-18-5-3-2-4-6-18/h2-8,10-11,20H,9,12-15H2,1H3,(H,33,36)/t20-/m1/s1. The number of imidazole rings is 1. The topological polar surface area (TPSA) is 50.2 Å². The van der Waals surface area contributed by atoms with E-state index in [0.717, 1.165) is 22.3 Å². The average molecular weight is 510 g/mol.